The summed E-state index contributed by atoms with van der Waals surface area (Å²) in [5.41, 5.74) is 9.51. The van der Waals surface area contributed by atoms with Crippen LogP contribution in [-0.4, -0.2) is 22.1 Å². The summed E-state index contributed by atoms with van der Waals surface area (Å²) < 4.78 is 5.55. The summed E-state index contributed by atoms with van der Waals surface area (Å²) in [5, 5.41) is 9.40. The lowest BCUT2D eigenvalue weighted by Gasteiger charge is -2.33. The van der Waals surface area contributed by atoms with Gasteiger partial charge in [-0.15, -0.1) is 0 Å². The molecule has 1 aromatic carbocycles. The molecule has 1 aliphatic heterocycles. The average Bonchev–Trinajstić information content (AvgIpc) is 3.25. The fraction of sp³-hybridized carbons (Fsp3) is 0.520. The van der Waals surface area contributed by atoms with Crippen LogP contribution in [0.15, 0.2) is 40.2 Å². The molecular formula is C25H34N4O2. The van der Waals surface area contributed by atoms with Crippen molar-refractivity contribution in [2.75, 3.05) is 0 Å². The van der Waals surface area contributed by atoms with E-state index in [4.69, 9.17) is 4.52 Å². The molecule has 2 N–H and O–H groups in total. The van der Waals surface area contributed by atoms with Crippen LogP contribution in [0.5, 0.6) is 0 Å². The van der Waals surface area contributed by atoms with Crippen molar-refractivity contribution in [2.24, 2.45) is 11.3 Å². The zero-order chi connectivity index (χ0) is 22.3. The number of nitrogens with one attached hydrogen (secondary N) is 2. The highest BCUT2D eigenvalue weighted by Gasteiger charge is 2.35. The maximum atomic E-state index is 13.2. The predicted molar refractivity (Wildman–Crippen MR) is 121 cm³/mol. The number of fused-ring (bicyclic) bond motifs is 1. The van der Waals surface area contributed by atoms with Crippen LogP contribution in [0.3, 0.4) is 0 Å². The van der Waals surface area contributed by atoms with Crippen LogP contribution in [0, 0.1) is 18.3 Å². The van der Waals surface area contributed by atoms with Gasteiger partial charge in [0.05, 0.1) is 18.3 Å². The monoisotopic (exact) mass is 422 g/mol. The van der Waals surface area contributed by atoms with E-state index in [9.17, 15) is 4.79 Å². The van der Waals surface area contributed by atoms with Crippen molar-refractivity contribution in [1.82, 2.24) is 20.9 Å². The topological polar surface area (TPSA) is 70.4 Å². The fourth-order valence-corrected chi connectivity index (χ4v) is 4.68. The van der Waals surface area contributed by atoms with E-state index in [1.807, 2.05) is 6.92 Å². The molecule has 0 radical (unpaired) electrons. The van der Waals surface area contributed by atoms with Gasteiger partial charge in [-0.2, -0.15) is 0 Å². The number of allylic oxidation sites excluding steroid dienone is 1. The van der Waals surface area contributed by atoms with Gasteiger partial charge in [-0.3, -0.25) is 4.79 Å². The van der Waals surface area contributed by atoms with E-state index in [0.29, 0.717) is 11.6 Å². The quantitative estimate of drug-likeness (QED) is 0.759. The highest BCUT2D eigenvalue weighted by atomic mass is 16.5. The van der Waals surface area contributed by atoms with Crippen molar-refractivity contribution >= 4 is 5.91 Å². The number of hydrogen-bond acceptors (Lipinski definition) is 5. The molecule has 0 bridgehead atoms. The van der Waals surface area contributed by atoms with Crippen molar-refractivity contribution in [1.29, 1.82) is 0 Å². The molecule has 2 aromatic rings. The summed E-state index contributed by atoms with van der Waals surface area (Å²) in [6.07, 6.45) is 2.77. The summed E-state index contributed by atoms with van der Waals surface area (Å²) >= 11 is 0. The molecule has 0 saturated carbocycles. The number of carbonyl (C=O) groups excluding carboxylic acids is 1. The van der Waals surface area contributed by atoms with E-state index in [2.05, 4.69) is 79.8 Å². The number of aromatic nitrogens is 1. The molecule has 1 aliphatic carbocycles. The molecule has 31 heavy (non-hydrogen) atoms. The summed E-state index contributed by atoms with van der Waals surface area (Å²) in [6, 6.07) is 8.38. The van der Waals surface area contributed by atoms with Gasteiger partial charge < -0.3 is 14.8 Å². The number of carbonyl (C=O) groups is 1. The van der Waals surface area contributed by atoms with Gasteiger partial charge in [0.15, 0.2) is 5.69 Å². The first-order chi connectivity index (χ1) is 14.6. The second kappa shape index (κ2) is 8.15. The third-order valence-corrected chi connectivity index (χ3v) is 6.89. The number of amides is 1. The van der Waals surface area contributed by atoms with Crippen LogP contribution in [0.4, 0.5) is 0 Å². The Labute approximate surface area is 185 Å². The van der Waals surface area contributed by atoms with E-state index in [1.165, 1.54) is 11.1 Å². The number of hydrazine groups is 1. The Morgan fingerprint density at radius 2 is 2.03 bits per heavy atom. The summed E-state index contributed by atoms with van der Waals surface area (Å²) in [6.45, 7) is 13.8. The molecule has 2 unspecified atom stereocenters. The van der Waals surface area contributed by atoms with Gasteiger partial charge in [0.1, 0.15) is 5.76 Å². The van der Waals surface area contributed by atoms with Crippen LogP contribution in [0.1, 0.15) is 74.0 Å². The minimum Gasteiger partial charge on any atom is -0.360 e. The van der Waals surface area contributed by atoms with Gasteiger partial charge in [0.2, 0.25) is 0 Å². The number of benzene rings is 1. The molecule has 1 amide bonds. The standard InChI is InChI=1S/C25H34N4O2/c1-15-9-7-8-10-18(15)14-29-17(3)22(16(2)27-29)26-24(30)23-20-13-19(25(4,5)6)11-12-21(20)31-28-23/h7-10,16,19,27H,11-14H2,1-6H3,(H,26,30). The smallest absolute Gasteiger partial charge is 0.277 e. The zero-order valence-electron chi connectivity index (χ0n) is 19.5. The Morgan fingerprint density at radius 3 is 2.74 bits per heavy atom. The Hall–Kier alpha value is -2.60. The van der Waals surface area contributed by atoms with Crippen LogP contribution in [-0.2, 0) is 19.4 Å². The third-order valence-electron chi connectivity index (χ3n) is 6.89. The Kier molecular flexibility index (Phi) is 5.69. The van der Waals surface area contributed by atoms with Crippen LogP contribution in [0.25, 0.3) is 0 Å². The Balaban J connectivity index is 1.52. The van der Waals surface area contributed by atoms with Crippen molar-refractivity contribution in [3.8, 4) is 0 Å². The fourth-order valence-electron chi connectivity index (χ4n) is 4.68. The summed E-state index contributed by atoms with van der Waals surface area (Å²) in [4.78, 5) is 13.2. The highest BCUT2D eigenvalue weighted by Crippen LogP contribution is 2.38. The molecule has 4 rings (SSSR count). The van der Waals surface area contributed by atoms with Crippen LogP contribution >= 0.6 is 0 Å². The molecule has 166 valence electrons. The van der Waals surface area contributed by atoms with E-state index < -0.39 is 0 Å². The maximum absolute atomic E-state index is 13.2. The van der Waals surface area contributed by atoms with Crippen LogP contribution < -0.4 is 10.7 Å². The molecule has 0 saturated heterocycles. The highest BCUT2D eigenvalue weighted by molar-refractivity contribution is 5.95. The van der Waals surface area contributed by atoms with Crippen molar-refractivity contribution in [3.63, 3.8) is 0 Å². The normalized spacial score (nSPS) is 21.4. The molecule has 2 atom stereocenters. The molecule has 0 spiro atoms. The lowest BCUT2D eigenvalue weighted by molar-refractivity contribution is 0.0953. The Morgan fingerprint density at radius 1 is 1.29 bits per heavy atom. The molecular weight excluding hydrogens is 388 g/mol. The predicted octanol–water partition coefficient (Wildman–Crippen LogP) is 4.50. The van der Waals surface area contributed by atoms with Gasteiger partial charge in [0.25, 0.3) is 5.91 Å². The molecule has 1 aromatic heterocycles. The average molecular weight is 423 g/mol. The van der Waals surface area contributed by atoms with Crippen molar-refractivity contribution in [3.05, 3.63) is 63.8 Å². The first-order valence-electron chi connectivity index (χ1n) is 11.2. The lowest BCUT2D eigenvalue weighted by Crippen LogP contribution is -2.37. The van der Waals surface area contributed by atoms with Gasteiger partial charge in [-0.05, 0) is 56.1 Å². The van der Waals surface area contributed by atoms with Gasteiger partial charge in [0, 0.05) is 17.7 Å². The second-order valence-electron chi connectivity index (χ2n) is 10.1. The summed E-state index contributed by atoms with van der Waals surface area (Å²) in [5.74, 6) is 1.21. The van der Waals surface area contributed by atoms with E-state index in [1.54, 1.807) is 0 Å². The zero-order valence-corrected chi connectivity index (χ0v) is 19.5. The number of aryl methyl sites for hydroxylation is 2. The first-order valence-corrected chi connectivity index (χ1v) is 11.2. The van der Waals surface area contributed by atoms with E-state index >= 15 is 0 Å². The van der Waals surface area contributed by atoms with E-state index in [-0.39, 0.29) is 17.4 Å². The lowest BCUT2D eigenvalue weighted by atomic mass is 9.71. The second-order valence-corrected chi connectivity index (χ2v) is 10.1. The molecule has 6 nitrogen and oxygen atoms in total. The summed E-state index contributed by atoms with van der Waals surface area (Å²) in [7, 11) is 0. The van der Waals surface area contributed by atoms with Gasteiger partial charge >= 0.3 is 0 Å². The van der Waals surface area contributed by atoms with Crippen molar-refractivity contribution < 1.29 is 9.32 Å². The third kappa shape index (κ3) is 4.26. The maximum Gasteiger partial charge on any atom is 0.277 e. The number of hydrogen-bond donors (Lipinski definition) is 2. The SMILES string of the molecule is CC1=C(NC(=O)c2noc3c2CC(C(C)(C)C)CC3)C(C)NN1Cc1ccccc1C. The van der Waals surface area contributed by atoms with Crippen LogP contribution in [0.2, 0.25) is 0 Å². The van der Waals surface area contributed by atoms with E-state index in [0.717, 1.165) is 48.5 Å². The van der Waals surface area contributed by atoms with Crippen molar-refractivity contribution in [2.45, 2.75) is 73.4 Å². The van der Waals surface area contributed by atoms with Gasteiger partial charge in [-0.1, -0.05) is 50.2 Å². The van der Waals surface area contributed by atoms with Gasteiger partial charge in [-0.25, -0.2) is 5.43 Å². The molecule has 0 fully saturated rings. The number of rotatable bonds is 4. The molecule has 6 heteroatoms. The largest absolute Gasteiger partial charge is 0.360 e. The molecule has 2 aliphatic rings. The first kappa shape index (κ1) is 21.6. The minimum atomic E-state index is -0.180. The minimum absolute atomic E-state index is 0.0121. The Bertz CT molecular complexity index is 1010. The molecule has 2 heterocycles. The number of nitrogens with zero attached hydrogens (tertiary/aromatic N) is 2.